The summed E-state index contributed by atoms with van der Waals surface area (Å²) in [4.78, 5) is 0. The summed E-state index contributed by atoms with van der Waals surface area (Å²) in [6, 6.07) is 8.86. The molecule has 2 heteroatoms. The van der Waals surface area contributed by atoms with Gasteiger partial charge in [-0.3, -0.25) is 0 Å². The van der Waals surface area contributed by atoms with E-state index in [9.17, 15) is 0 Å². The predicted octanol–water partition coefficient (Wildman–Crippen LogP) is 5.30. The topological polar surface area (TPSA) is 12.0 Å². The molecule has 21 heavy (non-hydrogen) atoms. The molecule has 0 spiro atoms. The van der Waals surface area contributed by atoms with E-state index in [2.05, 4.69) is 36.5 Å². The van der Waals surface area contributed by atoms with Gasteiger partial charge in [-0.15, -0.1) is 12.4 Å². The molecule has 4 aliphatic rings. The fraction of sp³-hybridized carbons (Fsp3) is 0.684. The van der Waals surface area contributed by atoms with Crippen LogP contribution in [0.25, 0.3) is 0 Å². The summed E-state index contributed by atoms with van der Waals surface area (Å²) >= 11 is 0. The van der Waals surface area contributed by atoms with E-state index in [1.54, 1.807) is 19.3 Å². The van der Waals surface area contributed by atoms with Gasteiger partial charge in [0.15, 0.2) is 0 Å². The molecule has 0 aliphatic heterocycles. The Bertz CT molecular complexity index is 461. The molecule has 4 bridgehead atoms. The fourth-order valence-electron chi connectivity index (χ4n) is 5.79. The monoisotopic (exact) mass is 305 g/mol. The molecule has 5 rings (SSSR count). The number of anilines is 1. The van der Waals surface area contributed by atoms with Gasteiger partial charge in [0.2, 0.25) is 0 Å². The summed E-state index contributed by atoms with van der Waals surface area (Å²) in [6.07, 6.45) is 10.3. The standard InChI is InChI=1S/C19H27N.ClH/c1-2-17-5-3-4-6-18(17)20-13-19-10-14-7-15(11-19)9-16(8-14)12-19;/h3-6,14-16,20H,2,7-13H2,1H3;1H. The second kappa shape index (κ2) is 5.83. The van der Waals surface area contributed by atoms with E-state index in [-0.39, 0.29) is 12.4 Å². The second-order valence-electron chi connectivity index (χ2n) is 7.78. The van der Waals surface area contributed by atoms with Crippen LogP contribution in [0.1, 0.15) is 51.0 Å². The summed E-state index contributed by atoms with van der Waals surface area (Å²) < 4.78 is 0. The third-order valence-electron chi connectivity index (χ3n) is 6.22. The average molecular weight is 306 g/mol. The lowest BCUT2D eigenvalue weighted by atomic mass is 9.49. The van der Waals surface area contributed by atoms with E-state index in [1.807, 2.05) is 0 Å². The lowest BCUT2D eigenvalue weighted by Gasteiger charge is -2.57. The van der Waals surface area contributed by atoms with Crippen LogP contribution < -0.4 is 5.32 Å². The highest BCUT2D eigenvalue weighted by Crippen LogP contribution is 2.59. The number of halogens is 1. The van der Waals surface area contributed by atoms with Gasteiger partial charge in [0.1, 0.15) is 0 Å². The van der Waals surface area contributed by atoms with Gasteiger partial charge < -0.3 is 5.32 Å². The second-order valence-corrected chi connectivity index (χ2v) is 7.78. The van der Waals surface area contributed by atoms with Crippen molar-refractivity contribution in [1.82, 2.24) is 0 Å². The maximum atomic E-state index is 3.82. The van der Waals surface area contributed by atoms with Crippen molar-refractivity contribution < 1.29 is 0 Å². The molecule has 4 aliphatic carbocycles. The van der Waals surface area contributed by atoms with Gasteiger partial charge in [0.25, 0.3) is 0 Å². The summed E-state index contributed by atoms with van der Waals surface area (Å²) in [6.45, 7) is 3.47. The molecule has 0 amide bonds. The largest absolute Gasteiger partial charge is 0.384 e. The summed E-state index contributed by atoms with van der Waals surface area (Å²) in [5.74, 6) is 3.18. The molecule has 1 nitrogen and oxygen atoms in total. The van der Waals surface area contributed by atoms with E-state index >= 15 is 0 Å². The van der Waals surface area contributed by atoms with Crippen LogP contribution in [0.15, 0.2) is 24.3 Å². The van der Waals surface area contributed by atoms with Crippen molar-refractivity contribution in [3.05, 3.63) is 29.8 Å². The third kappa shape index (κ3) is 2.82. The van der Waals surface area contributed by atoms with Gasteiger partial charge in [-0.1, -0.05) is 25.1 Å². The smallest absolute Gasteiger partial charge is 0.0372 e. The van der Waals surface area contributed by atoms with Crippen molar-refractivity contribution in [3.63, 3.8) is 0 Å². The van der Waals surface area contributed by atoms with Crippen molar-refractivity contribution in [2.24, 2.45) is 23.2 Å². The van der Waals surface area contributed by atoms with Gasteiger partial charge in [-0.05, 0) is 79.7 Å². The predicted molar refractivity (Wildman–Crippen MR) is 92.2 cm³/mol. The highest BCUT2D eigenvalue weighted by molar-refractivity contribution is 5.85. The Morgan fingerprint density at radius 3 is 2.14 bits per heavy atom. The van der Waals surface area contributed by atoms with Crippen molar-refractivity contribution in [2.75, 3.05) is 11.9 Å². The molecule has 0 atom stereocenters. The van der Waals surface area contributed by atoms with Gasteiger partial charge >= 0.3 is 0 Å². The number of nitrogens with one attached hydrogen (secondary N) is 1. The number of hydrogen-bond donors (Lipinski definition) is 1. The maximum Gasteiger partial charge on any atom is 0.0372 e. The highest BCUT2D eigenvalue weighted by Gasteiger charge is 2.50. The molecule has 0 aromatic heterocycles. The molecular weight excluding hydrogens is 278 g/mol. The normalized spacial score (nSPS) is 36.3. The number of para-hydroxylation sites is 1. The van der Waals surface area contributed by atoms with E-state index in [1.165, 1.54) is 37.1 Å². The van der Waals surface area contributed by atoms with Crippen LogP contribution in [0.3, 0.4) is 0 Å². The van der Waals surface area contributed by atoms with Gasteiger partial charge in [-0.2, -0.15) is 0 Å². The summed E-state index contributed by atoms with van der Waals surface area (Å²) in [5.41, 5.74) is 3.48. The molecule has 116 valence electrons. The fourth-order valence-corrected chi connectivity index (χ4v) is 5.79. The van der Waals surface area contributed by atoms with Crippen LogP contribution in [0.4, 0.5) is 5.69 Å². The molecule has 0 heterocycles. The number of hydrogen-bond acceptors (Lipinski definition) is 1. The van der Waals surface area contributed by atoms with Crippen molar-refractivity contribution >= 4 is 18.1 Å². The lowest BCUT2D eigenvalue weighted by Crippen LogP contribution is -2.49. The average Bonchev–Trinajstić information content (AvgIpc) is 2.44. The molecule has 1 aromatic rings. The maximum absolute atomic E-state index is 3.82. The number of benzene rings is 1. The van der Waals surface area contributed by atoms with Crippen LogP contribution in [0.5, 0.6) is 0 Å². The Morgan fingerprint density at radius 2 is 1.57 bits per heavy atom. The molecule has 4 fully saturated rings. The Morgan fingerprint density at radius 1 is 1.00 bits per heavy atom. The first-order chi connectivity index (χ1) is 9.76. The van der Waals surface area contributed by atoms with E-state index in [0.717, 1.165) is 24.2 Å². The van der Waals surface area contributed by atoms with Crippen LogP contribution in [-0.4, -0.2) is 6.54 Å². The molecule has 0 saturated heterocycles. The quantitative estimate of drug-likeness (QED) is 0.796. The van der Waals surface area contributed by atoms with Crippen LogP contribution in [0.2, 0.25) is 0 Å². The molecule has 4 saturated carbocycles. The third-order valence-corrected chi connectivity index (χ3v) is 6.22. The molecule has 0 unspecified atom stereocenters. The SMILES string of the molecule is CCc1ccccc1NCC12CC3CC(CC(C3)C1)C2.Cl. The highest BCUT2D eigenvalue weighted by atomic mass is 35.5. The zero-order valence-corrected chi connectivity index (χ0v) is 13.9. The van der Waals surface area contributed by atoms with E-state index < -0.39 is 0 Å². The minimum Gasteiger partial charge on any atom is -0.384 e. The molecular formula is C19H28ClN. The van der Waals surface area contributed by atoms with Crippen LogP contribution in [-0.2, 0) is 6.42 Å². The summed E-state index contributed by atoms with van der Waals surface area (Å²) in [5, 5.41) is 3.82. The van der Waals surface area contributed by atoms with Gasteiger partial charge in [0.05, 0.1) is 0 Å². The summed E-state index contributed by atoms with van der Waals surface area (Å²) in [7, 11) is 0. The number of aryl methyl sites for hydroxylation is 1. The first-order valence-corrected chi connectivity index (χ1v) is 8.58. The Hall–Kier alpha value is -0.690. The van der Waals surface area contributed by atoms with Crippen molar-refractivity contribution in [1.29, 1.82) is 0 Å². The minimum atomic E-state index is 0. The lowest BCUT2D eigenvalue weighted by molar-refractivity contribution is -0.0444. The molecule has 1 aromatic carbocycles. The van der Waals surface area contributed by atoms with Crippen molar-refractivity contribution in [3.8, 4) is 0 Å². The zero-order chi connectivity index (χ0) is 13.6. The van der Waals surface area contributed by atoms with Crippen LogP contribution >= 0.6 is 12.4 Å². The number of rotatable bonds is 4. The Labute approximate surface area is 135 Å². The van der Waals surface area contributed by atoms with E-state index in [0.29, 0.717) is 5.41 Å². The van der Waals surface area contributed by atoms with Gasteiger partial charge in [-0.25, -0.2) is 0 Å². The van der Waals surface area contributed by atoms with Crippen molar-refractivity contribution in [2.45, 2.75) is 51.9 Å². The first kappa shape index (κ1) is 15.2. The van der Waals surface area contributed by atoms with Gasteiger partial charge in [0, 0.05) is 12.2 Å². The Kier molecular flexibility index (Phi) is 4.23. The van der Waals surface area contributed by atoms with E-state index in [4.69, 9.17) is 0 Å². The minimum absolute atomic E-state index is 0. The Balaban J connectivity index is 0.00000132. The van der Waals surface area contributed by atoms with Crippen LogP contribution in [0, 0.1) is 23.2 Å². The molecule has 1 N–H and O–H groups in total. The first-order valence-electron chi connectivity index (χ1n) is 8.58. The zero-order valence-electron chi connectivity index (χ0n) is 13.1. The molecule has 0 radical (unpaired) electrons.